The number of primary amides is 1. The number of nitrogens with zero attached hydrogens (tertiary/aromatic N) is 1. The Hall–Kier alpha value is -2.85. The summed E-state index contributed by atoms with van der Waals surface area (Å²) in [4.78, 5) is 66.2. The van der Waals surface area contributed by atoms with Gasteiger partial charge in [-0.05, 0) is 62.7 Å². The first-order valence-electron chi connectivity index (χ1n) is 13.5. The molecule has 0 radical (unpaired) electrons. The van der Waals surface area contributed by atoms with Crippen molar-refractivity contribution in [1.29, 1.82) is 0 Å². The summed E-state index contributed by atoms with van der Waals surface area (Å²) in [6.45, 7) is 15.8. The quantitative estimate of drug-likeness (QED) is 0.384. The van der Waals surface area contributed by atoms with Crippen LogP contribution in [0.25, 0.3) is 0 Å². The highest BCUT2D eigenvalue weighted by molar-refractivity contribution is 5.95. The van der Waals surface area contributed by atoms with Crippen LogP contribution in [0.15, 0.2) is 0 Å². The molecule has 38 heavy (non-hydrogen) atoms. The Morgan fingerprint density at radius 2 is 1.76 bits per heavy atom. The second-order valence-corrected chi connectivity index (χ2v) is 13.7. The number of hydrogen-bond donors (Lipinski definition) is 4. The van der Waals surface area contributed by atoms with Gasteiger partial charge in [0, 0.05) is 19.0 Å². The van der Waals surface area contributed by atoms with Gasteiger partial charge in [0.2, 0.25) is 23.6 Å². The lowest BCUT2D eigenvalue weighted by molar-refractivity contribution is -0.144. The Bertz CT molecular complexity index is 981. The first-order chi connectivity index (χ1) is 17.3. The molecule has 5 N–H and O–H groups in total. The SMILES string of the molecule is CC(C)(C)OC(=O)NC(C(=O)N1C[C@H]2[C@@H]([C@H]1C(=O)NC(C[C@@H]1CCCNC1=O)C(N)=O)C2(C)C)C(C)(C)C. The molecule has 0 aromatic rings. The van der Waals surface area contributed by atoms with Crippen LogP contribution in [0.1, 0.15) is 74.7 Å². The third kappa shape index (κ3) is 6.40. The molecule has 0 spiro atoms. The van der Waals surface area contributed by atoms with Crippen LogP contribution in [0.4, 0.5) is 4.79 Å². The molecule has 3 rings (SSSR count). The monoisotopic (exact) mass is 535 g/mol. The summed E-state index contributed by atoms with van der Waals surface area (Å²) in [6, 6.07) is -2.80. The number of piperidine rings is 2. The van der Waals surface area contributed by atoms with E-state index in [-0.39, 0.29) is 35.5 Å². The van der Waals surface area contributed by atoms with E-state index < -0.39 is 53.0 Å². The Labute approximate surface area is 225 Å². The molecule has 0 aromatic carbocycles. The molecular weight excluding hydrogens is 490 g/mol. The molecule has 2 saturated heterocycles. The van der Waals surface area contributed by atoms with Crippen LogP contribution in [0, 0.1) is 28.6 Å². The Balaban J connectivity index is 1.81. The molecule has 6 atom stereocenters. The lowest BCUT2D eigenvalue weighted by atomic mass is 9.85. The highest BCUT2D eigenvalue weighted by Crippen LogP contribution is 2.65. The number of nitrogens with two attached hydrogens (primary N) is 1. The van der Waals surface area contributed by atoms with Gasteiger partial charge in [-0.25, -0.2) is 4.79 Å². The van der Waals surface area contributed by atoms with Gasteiger partial charge in [-0.1, -0.05) is 34.6 Å². The number of alkyl carbamates (subject to hydrolysis) is 1. The molecule has 2 unspecified atom stereocenters. The van der Waals surface area contributed by atoms with Crippen molar-refractivity contribution in [1.82, 2.24) is 20.9 Å². The van der Waals surface area contributed by atoms with Gasteiger partial charge in [-0.3, -0.25) is 19.2 Å². The van der Waals surface area contributed by atoms with Gasteiger partial charge in [0.1, 0.15) is 23.7 Å². The van der Waals surface area contributed by atoms with Crippen LogP contribution in [0.3, 0.4) is 0 Å². The zero-order valence-corrected chi connectivity index (χ0v) is 24.0. The number of fused-ring (bicyclic) bond motifs is 1. The van der Waals surface area contributed by atoms with Crippen LogP contribution in [-0.2, 0) is 23.9 Å². The lowest BCUT2D eigenvalue weighted by Crippen LogP contribution is -2.61. The van der Waals surface area contributed by atoms with E-state index in [1.54, 1.807) is 20.8 Å². The summed E-state index contributed by atoms with van der Waals surface area (Å²) in [6.07, 6.45) is 0.796. The van der Waals surface area contributed by atoms with Crippen molar-refractivity contribution in [3.05, 3.63) is 0 Å². The fourth-order valence-corrected chi connectivity index (χ4v) is 5.90. The largest absolute Gasteiger partial charge is 0.444 e. The molecule has 0 aromatic heterocycles. The summed E-state index contributed by atoms with van der Waals surface area (Å²) in [5.41, 5.74) is 4.06. The average molecular weight is 536 g/mol. The van der Waals surface area contributed by atoms with Gasteiger partial charge in [0.15, 0.2) is 0 Å². The smallest absolute Gasteiger partial charge is 0.408 e. The van der Waals surface area contributed by atoms with E-state index in [1.807, 2.05) is 20.8 Å². The number of nitrogens with one attached hydrogen (secondary N) is 3. The molecule has 2 heterocycles. The van der Waals surface area contributed by atoms with Crippen LogP contribution >= 0.6 is 0 Å². The van der Waals surface area contributed by atoms with E-state index in [0.29, 0.717) is 19.5 Å². The van der Waals surface area contributed by atoms with Gasteiger partial charge in [0.25, 0.3) is 0 Å². The second kappa shape index (κ2) is 10.4. The highest BCUT2D eigenvalue weighted by atomic mass is 16.6. The normalized spacial score (nSPS) is 27.9. The van der Waals surface area contributed by atoms with Crippen molar-refractivity contribution in [2.75, 3.05) is 13.1 Å². The first-order valence-corrected chi connectivity index (χ1v) is 13.5. The molecule has 11 nitrogen and oxygen atoms in total. The van der Waals surface area contributed by atoms with E-state index in [1.165, 1.54) is 4.90 Å². The van der Waals surface area contributed by atoms with Crippen LogP contribution in [0.2, 0.25) is 0 Å². The maximum absolute atomic E-state index is 13.9. The Morgan fingerprint density at radius 1 is 1.13 bits per heavy atom. The van der Waals surface area contributed by atoms with E-state index in [9.17, 15) is 24.0 Å². The fourth-order valence-electron chi connectivity index (χ4n) is 5.90. The number of rotatable bonds is 7. The molecule has 1 saturated carbocycles. The number of carbonyl (C=O) groups excluding carboxylic acids is 5. The summed E-state index contributed by atoms with van der Waals surface area (Å²) in [7, 11) is 0. The molecule has 214 valence electrons. The minimum atomic E-state index is -1.03. The maximum atomic E-state index is 13.9. The molecule has 2 aliphatic heterocycles. The van der Waals surface area contributed by atoms with Crippen molar-refractivity contribution in [3.8, 4) is 0 Å². The number of carbonyl (C=O) groups is 5. The topological polar surface area (TPSA) is 160 Å². The van der Waals surface area contributed by atoms with Crippen molar-refractivity contribution in [2.24, 2.45) is 34.3 Å². The summed E-state index contributed by atoms with van der Waals surface area (Å²) in [5, 5.41) is 8.26. The van der Waals surface area contributed by atoms with Crippen molar-refractivity contribution in [3.63, 3.8) is 0 Å². The molecule has 11 heteroatoms. The molecule has 5 amide bonds. The van der Waals surface area contributed by atoms with Crippen molar-refractivity contribution < 1.29 is 28.7 Å². The fraction of sp³-hybridized carbons (Fsp3) is 0.815. The predicted molar refractivity (Wildman–Crippen MR) is 140 cm³/mol. The predicted octanol–water partition coefficient (Wildman–Crippen LogP) is 1.30. The maximum Gasteiger partial charge on any atom is 0.408 e. The number of likely N-dealkylation sites (tertiary alicyclic amines) is 1. The van der Waals surface area contributed by atoms with Crippen LogP contribution in [0.5, 0.6) is 0 Å². The summed E-state index contributed by atoms with van der Waals surface area (Å²) >= 11 is 0. The van der Waals surface area contributed by atoms with E-state index >= 15 is 0 Å². The standard InChI is InChI=1S/C27H45N5O6/c1-25(2,3)19(31-24(37)38-26(4,5)6)23(36)32-13-15-17(27(15,7)8)18(32)22(35)30-16(20(28)33)12-14-10-9-11-29-21(14)34/h14-19H,9-13H2,1-8H3,(H2,28,33)(H,29,34)(H,30,35)(H,31,37)/t14-,15-,16?,17-,18-,19?/m0/s1. The van der Waals surface area contributed by atoms with Crippen molar-refractivity contribution in [2.45, 2.75) is 98.4 Å². The van der Waals surface area contributed by atoms with Gasteiger partial charge < -0.3 is 31.3 Å². The van der Waals surface area contributed by atoms with Gasteiger partial charge in [0.05, 0.1) is 0 Å². The van der Waals surface area contributed by atoms with Gasteiger partial charge >= 0.3 is 6.09 Å². The number of hydrogen-bond acceptors (Lipinski definition) is 6. The molecule has 0 bridgehead atoms. The Kier molecular flexibility index (Phi) is 8.11. The average Bonchev–Trinajstić information content (AvgIpc) is 3.10. The third-order valence-electron chi connectivity index (χ3n) is 8.11. The highest BCUT2D eigenvalue weighted by Gasteiger charge is 2.70. The molecule has 3 fully saturated rings. The molecule has 3 aliphatic rings. The van der Waals surface area contributed by atoms with Crippen LogP contribution < -0.4 is 21.7 Å². The third-order valence-corrected chi connectivity index (χ3v) is 8.11. The second-order valence-electron chi connectivity index (χ2n) is 13.7. The molecular formula is C27H45N5O6. The zero-order valence-electron chi connectivity index (χ0n) is 24.0. The minimum absolute atomic E-state index is 0.0971. The first kappa shape index (κ1) is 29.7. The van der Waals surface area contributed by atoms with Crippen LogP contribution in [-0.4, -0.2) is 71.4 Å². The van der Waals surface area contributed by atoms with Crippen molar-refractivity contribution >= 4 is 29.7 Å². The van der Waals surface area contributed by atoms with Gasteiger partial charge in [-0.2, -0.15) is 0 Å². The van der Waals surface area contributed by atoms with E-state index in [4.69, 9.17) is 10.5 Å². The number of ether oxygens (including phenoxy) is 1. The summed E-state index contributed by atoms with van der Waals surface area (Å²) < 4.78 is 5.39. The minimum Gasteiger partial charge on any atom is -0.444 e. The Morgan fingerprint density at radius 3 is 2.29 bits per heavy atom. The zero-order chi connectivity index (χ0) is 28.8. The summed E-state index contributed by atoms with van der Waals surface area (Å²) in [5.74, 6) is -2.13. The van der Waals surface area contributed by atoms with Gasteiger partial charge in [-0.15, -0.1) is 0 Å². The lowest BCUT2D eigenvalue weighted by Gasteiger charge is -2.38. The van der Waals surface area contributed by atoms with E-state index in [2.05, 4.69) is 29.8 Å². The number of amides is 5. The molecule has 1 aliphatic carbocycles. The van der Waals surface area contributed by atoms with E-state index in [0.717, 1.165) is 6.42 Å².